The molecular weight excluding hydrogens is 359 g/mol. The standard InChI is InChI=1S/C13H14F3N7O3/c1-6-17-8(9(26)19-12(3-2-4-12)5-7(24)25)22-23(6)11-18-10(20-21-11)13(14,15)16/h2-5H2,1H3,(H,19,26)(H,24,25)(H,18,20,21). The van der Waals surface area contributed by atoms with Gasteiger partial charge in [-0.2, -0.15) is 22.8 Å². The van der Waals surface area contributed by atoms with Gasteiger partial charge in [-0.15, -0.1) is 10.2 Å². The summed E-state index contributed by atoms with van der Waals surface area (Å²) in [5.41, 5.74) is -0.851. The number of aliphatic carboxylic acids is 1. The SMILES string of the molecule is Cc1nc(C(=O)NC2(CC(=O)O)CCC2)nn1-c1n[nH]c(C(F)(F)F)n1. The van der Waals surface area contributed by atoms with Crippen LogP contribution in [0.4, 0.5) is 13.2 Å². The second-order valence-corrected chi connectivity index (χ2v) is 6.03. The molecule has 1 aliphatic carbocycles. The van der Waals surface area contributed by atoms with Gasteiger partial charge in [0.25, 0.3) is 11.9 Å². The number of carboxylic acids is 1. The predicted molar refractivity (Wildman–Crippen MR) is 77.3 cm³/mol. The molecule has 0 bridgehead atoms. The number of nitrogens with one attached hydrogen (secondary N) is 2. The van der Waals surface area contributed by atoms with E-state index in [9.17, 15) is 22.8 Å². The Morgan fingerprint density at radius 2 is 2.04 bits per heavy atom. The number of rotatable bonds is 5. The first-order valence-corrected chi connectivity index (χ1v) is 7.58. The van der Waals surface area contributed by atoms with Crippen molar-refractivity contribution < 1.29 is 27.9 Å². The van der Waals surface area contributed by atoms with Crippen molar-refractivity contribution in [2.75, 3.05) is 0 Å². The normalized spacial score (nSPS) is 16.2. The van der Waals surface area contributed by atoms with Gasteiger partial charge in [0, 0.05) is 0 Å². The average molecular weight is 373 g/mol. The number of carbonyl (C=O) groups excluding carboxylic acids is 1. The van der Waals surface area contributed by atoms with Crippen molar-refractivity contribution in [1.29, 1.82) is 0 Å². The number of carboxylic acid groups (broad SMARTS) is 1. The zero-order valence-corrected chi connectivity index (χ0v) is 13.5. The number of hydrogen-bond acceptors (Lipinski definition) is 6. The van der Waals surface area contributed by atoms with Crippen molar-refractivity contribution in [3.05, 3.63) is 17.5 Å². The average Bonchev–Trinajstić information content (AvgIpc) is 3.10. The van der Waals surface area contributed by atoms with Crippen molar-refractivity contribution in [3.63, 3.8) is 0 Å². The topological polar surface area (TPSA) is 139 Å². The lowest BCUT2D eigenvalue weighted by Crippen LogP contribution is -2.54. The second-order valence-electron chi connectivity index (χ2n) is 6.03. The molecule has 3 N–H and O–H groups in total. The first kappa shape index (κ1) is 17.8. The molecule has 0 aromatic carbocycles. The smallest absolute Gasteiger partial charge is 0.451 e. The summed E-state index contributed by atoms with van der Waals surface area (Å²) in [6.45, 7) is 1.42. The highest BCUT2D eigenvalue weighted by molar-refractivity contribution is 5.91. The van der Waals surface area contributed by atoms with E-state index in [-0.39, 0.29) is 18.1 Å². The van der Waals surface area contributed by atoms with Gasteiger partial charge in [-0.3, -0.25) is 14.7 Å². The van der Waals surface area contributed by atoms with Crippen molar-refractivity contribution in [2.45, 2.75) is 44.3 Å². The molecule has 2 aromatic rings. The molecule has 1 aliphatic rings. The first-order chi connectivity index (χ1) is 12.1. The van der Waals surface area contributed by atoms with E-state index in [4.69, 9.17) is 5.11 Å². The van der Waals surface area contributed by atoms with Gasteiger partial charge in [-0.1, -0.05) is 0 Å². The second kappa shape index (κ2) is 6.07. The lowest BCUT2D eigenvalue weighted by atomic mass is 9.74. The van der Waals surface area contributed by atoms with E-state index >= 15 is 0 Å². The monoisotopic (exact) mass is 373 g/mol. The van der Waals surface area contributed by atoms with Crippen LogP contribution < -0.4 is 5.32 Å². The van der Waals surface area contributed by atoms with Crippen molar-refractivity contribution in [1.82, 2.24) is 35.3 Å². The van der Waals surface area contributed by atoms with Crippen LogP contribution in [0.25, 0.3) is 5.95 Å². The van der Waals surface area contributed by atoms with E-state index in [0.29, 0.717) is 12.8 Å². The maximum Gasteiger partial charge on any atom is 0.451 e. The first-order valence-electron chi connectivity index (χ1n) is 7.58. The van der Waals surface area contributed by atoms with E-state index < -0.39 is 35.4 Å². The third-order valence-corrected chi connectivity index (χ3v) is 4.08. The van der Waals surface area contributed by atoms with Gasteiger partial charge in [-0.05, 0) is 26.2 Å². The Bertz CT molecular complexity index is 854. The Hall–Kier alpha value is -2.99. The molecule has 140 valence electrons. The van der Waals surface area contributed by atoms with E-state index in [1.54, 1.807) is 5.10 Å². The number of halogens is 3. The Balaban J connectivity index is 1.80. The van der Waals surface area contributed by atoms with Crippen LogP contribution in [0.3, 0.4) is 0 Å². The molecule has 0 radical (unpaired) electrons. The van der Waals surface area contributed by atoms with Crippen molar-refractivity contribution in [2.24, 2.45) is 0 Å². The van der Waals surface area contributed by atoms with E-state index in [0.717, 1.165) is 11.1 Å². The number of H-pyrrole nitrogens is 1. The van der Waals surface area contributed by atoms with Crippen LogP contribution in [0.15, 0.2) is 0 Å². The summed E-state index contributed by atoms with van der Waals surface area (Å²) in [5, 5.41) is 20.6. The van der Waals surface area contributed by atoms with Crippen LogP contribution in [0.1, 0.15) is 48.0 Å². The maximum absolute atomic E-state index is 12.6. The Morgan fingerprint density at radius 1 is 1.35 bits per heavy atom. The fraction of sp³-hybridized carbons (Fsp3) is 0.538. The minimum Gasteiger partial charge on any atom is -0.481 e. The van der Waals surface area contributed by atoms with Crippen LogP contribution in [-0.4, -0.2) is 52.5 Å². The zero-order valence-electron chi connectivity index (χ0n) is 13.5. The molecular formula is C13H14F3N7O3. The van der Waals surface area contributed by atoms with Gasteiger partial charge in [0.05, 0.1) is 12.0 Å². The fourth-order valence-corrected chi connectivity index (χ4v) is 2.69. The van der Waals surface area contributed by atoms with Crippen molar-refractivity contribution in [3.8, 4) is 5.95 Å². The van der Waals surface area contributed by atoms with Gasteiger partial charge in [0.1, 0.15) is 5.82 Å². The molecule has 10 nitrogen and oxygen atoms in total. The largest absolute Gasteiger partial charge is 0.481 e. The summed E-state index contributed by atoms with van der Waals surface area (Å²) in [6.07, 6.45) is -3.12. The van der Waals surface area contributed by atoms with Gasteiger partial charge in [0.15, 0.2) is 0 Å². The number of nitrogens with zero attached hydrogens (tertiary/aromatic N) is 5. The zero-order chi connectivity index (χ0) is 19.1. The molecule has 1 fully saturated rings. The number of carbonyl (C=O) groups is 2. The fourth-order valence-electron chi connectivity index (χ4n) is 2.69. The summed E-state index contributed by atoms with van der Waals surface area (Å²) < 4.78 is 38.7. The van der Waals surface area contributed by atoms with Crippen LogP contribution in [0.2, 0.25) is 0 Å². The number of aryl methyl sites for hydroxylation is 1. The molecule has 0 unspecified atom stereocenters. The predicted octanol–water partition coefficient (Wildman–Crippen LogP) is 0.840. The number of aromatic nitrogens is 6. The molecule has 2 heterocycles. The Kier molecular flexibility index (Phi) is 4.16. The van der Waals surface area contributed by atoms with Crippen LogP contribution >= 0.6 is 0 Å². The number of hydrogen-bond donors (Lipinski definition) is 3. The van der Waals surface area contributed by atoms with Gasteiger partial charge in [0.2, 0.25) is 11.6 Å². The molecule has 1 saturated carbocycles. The number of amides is 1. The molecule has 13 heteroatoms. The maximum atomic E-state index is 12.6. The van der Waals surface area contributed by atoms with Crippen LogP contribution in [0.5, 0.6) is 0 Å². The minimum absolute atomic E-state index is 0.101. The van der Waals surface area contributed by atoms with E-state index in [1.165, 1.54) is 6.92 Å². The lowest BCUT2D eigenvalue weighted by molar-refractivity contribution is -0.144. The Morgan fingerprint density at radius 3 is 2.54 bits per heavy atom. The number of aromatic amines is 1. The van der Waals surface area contributed by atoms with E-state index in [1.807, 2.05) is 0 Å². The highest BCUT2D eigenvalue weighted by Gasteiger charge is 2.41. The van der Waals surface area contributed by atoms with Crippen LogP contribution in [0, 0.1) is 6.92 Å². The molecule has 0 atom stereocenters. The van der Waals surface area contributed by atoms with Gasteiger partial charge >= 0.3 is 12.1 Å². The molecule has 1 amide bonds. The molecule has 3 rings (SSSR count). The molecule has 2 aromatic heterocycles. The molecule has 0 spiro atoms. The minimum atomic E-state index is -4.70. The summed E-state index contributed by atoms with van der Waals surface area (Å²) in [4.78, 5) is 30.5. The van der Waals surface area contributed by atoms with Gasteiger partial charge < -0.3 is 10.4 Å². The Labute approximate surface area is 143 Å². The summed E-state index contributed by atoms with van der Waals surface area (Å²) in [6, 6.07) is 0. The third kappa shape index (κ3) is 3.36. The van der Waals surface area contributed by atoms with Crippen LogP contribution in [-0.2, 0) is 11.0 Å². The molecule has 0 aliphatic heterocycles. The quantitative estimate of drug-likeness (QED) is 0.706. The van der Waals surface area contributed by atoms with Crippen molar-refractivity contribution >= 4 is 11.9 Å². The molecule has 26 heavy (non-hydrogen) atoms. The summed E-state index contributed by atoms with van der Waals surface area (Å²) in [5.74, 6) is -3.67. The van der Waals surface area contributed by atoms with E-state index in [2.05, 4.69) is 25.5 Å². The van der Waals surface area contributed by atoms with Gasteiger partial charge in [-0.25, -0.2) is 4.98 Å². The highest BCUT2D eigenvalue weighted by Crippen LogP contribution is 2.35. The summed E-state index contributed by atoms with van der Waals surface area (Å²) >= 11 is 0. The molecule has 0 saturated heterocycles. The third-order valence-electron chi connectivity index (χ3n) is 4.08. The number of alkyl halides is 3. The summed E-state index contributed by atoms with van der Waals surface area (Å²) in [7, 11) is 0. The lowest BCUT2D eigenvalue weighted by Gasteiger charge is -2.41. The highest BCUT2D eigenvalue weighted by atomic mass is 19.4.